The molecule has 1 aromatic carbocycles. The summed E-state index contributed by atoms with van der Waals surface area (Å²) in [4.78, 5) is 29.6. The second-order valence-electron chi connectivity index (χ2n) is 7.00. The number of halogens is 1. The van der Waals surface area contributed by atoms with Gasteiger partial charge in [-0.3, -0.25) is 4.79 Å². The minimum absolute atomic E-state index is 0.0140. The molecule has 3 rings (SSSR count). The molecule has 0 unspecified atom stereocenters. The van der Waals surface area contributed by atoms with Crippen LogP contribution in [0.1, 0.15) is 39.0 Å². The SMILES string of the molecule is CCOC(=O)c1[nH]c(C)c(C(=O)N2CCN(S(=O)(=O)c3ccc(F)cc3)CC2)c1C. The van der Waals surface area contributed by atoms with Gasteiger partial charge >= 0.3 is 5.97 Å². The third kappa shape index (κ3) is 4.10. The molecule has 2 heterocycles. The highest BCUT2D eigenvalue weighted by Gasteiger charge is 2.32. The van der Waals surface area contributed by atoms with E-state index >= 15 is 0 Å². The molecule has 0 bridgehead atoms. The minimum Gasteiger partial charge on any atom is -0.461 e. The van der Waals surface area contributed by atoms with Gasteiger partial charge in [-0.25, -0.2) is 17.6 Å². The van der Waals surface area contributed by atoms with E-state index in [1.165, 1.54) is 16.4 Å². The fraction of sp³-hybridized carbons (Fsp3) is 0.400. The third-order valence-corrected chi connectivity index (χ3v) is 7.02. The zero-order chi connectivity index (χ0) is 22.1. The first-order valence-corrected chi connectivity index (χ1v) is 11.0. The summed E-state index contributed by atoms with van der Waals surface area (Å²) in [6.07, 6.45) is 0. The van der Waals surface area contributed by atoms with E-state index in [2.05, 4.69) is 4.98 Å². The molecule has 1 fully saturated rings. The number of benzene rings is 1. The Labute approximate surface area is 174 Å². The van der Waals surface area contributed by atoms with E-state index in [9.17, 15) is 22.4 Å². The maximum absolute atomic E-state index is 13.1. The van der Waals surface area contributed by atoms with Crippen LogP contribution < -0.4 is 0 Å². The van der Waals surface area contributed by atoms with Crippen LogP contribution in [-0.4, -0.2) is 67.3 Å². The molecule has 1 aliphatic heterocycles. The second-order valence-corrected chi connectivity index (χ2v) is 8.93. The first-order valence-electron chi connectivity index (χ1n) is 9.58. The molecule has 1 aromatic heterocycles. The molecule has 8 nitrogen and oxygen atoms in total. The van der Waals surface area contributed by atoms with E-state index in [4.69, 9.17) is 4.74 Å². The molecule has 10 heteroatoms. The number of rotatable bonds is 5. The molecular weight excluding hydrogens is 413 g/mol. The standard InChI is InChI=1S/C20H24FN3O5S/c1-4-29-20(26)18-13(2)17(14(3)22-18)19(25)23-9-11-24(12-10-23)30(27,28)16-7-5-15(21)6-8-16/h5-8,22H,4,9-12H2,1-3H3. The Morgan fingerprint density at radius 3 is 2.27 bits per heavy atom. The van der Waals surface area contributed by atoms with Crippen LogP contribution in [-0.2, 0) is 14.8 Å². The summed E-state index contributed by atoms with van der Waals surface area (Å²) in [5.74, 6) is -1.30. The Bertz CT molecular complexity index is 1050. The van der Waals surface area contributed by atoms with Gasteiger partial charge in [0.2, 0.25) is 10.0 Å². The fourth-order valence-corrected chi connectivity index (χ4v) is 4.95. The van der Waals surface area contributed by atoms with Gasteiger partial charge in [0.25, 0.3) is 5.91 Å². The van der Waals surface area contributed by atoms with Crippen LogP contribution in [0.3, 0.4) is 0 Å². The highest BCUT2D eigenvalue weighted by atomic mass is 32.2. The molecule has 30 heavy (non-hydrogen) atoms. The molecule has 1 saturated heterocycles. The minimum atomic E-state index is -3.76. The lowest BCUT2D eigenvalue weighted by atomic mass is 10.1. The number of hydrogen-bond acceptors (Lipinski definition) is 5. The van der Waals surface area contributed by atoms with Crippen molar-refractivity contribution in [2.75, 3.05) is 32.8 Å². The zero-order valence-electron chi connectivity index (χ0n) is 17.1. The third-order valence-electron chi connectivity index (χ3n) is 5.11. The maximum Gasteiger partial charge on any atom is 0.355 e. The van der Waals surface area contributed by atoms with Crippen molar-refractivity contribution >= 4 is 21.9 Å². The number of aryl methyl sites for hydroxylation is 1. The van der Waals surface area contributed by atoms with Gasteiger partial charge < -0.3 is 14.6 Å². The van der Waals surface area contributed by atoms with Gasteiger partial charge in [-0.15, -0.1) is 0 Å². The number of H-pyrrole nitrogens is 1. The molecule has 0 saturated carbocycles. The van der Waals surface area contributed by atoms with E-state index < -0.39 is 21.8 Å². The summed E-state index contributed by atoms with van der Waals surface area (Å²) in [6.45, 7) is 5.97. The number of ether oxygens (including phenoxy) is 1. The number of nitrogens with one attached hydrogen (secondary N) is 1. The summed E-state index contributed by atoms with van der Waals surface area (Å²) in [7, 11) is -3.76. The van der Waals surface area contributed by atoms with Crippen molar-refractivity contribution < 1.29 is 27.1 Å². The van der Waals surface area contributed by atoms with E-state index in [0.717, 1.165) is 12.1 Å². The topological polar surface area (TPSA) is 99.8 Å². The van der Waals surface area contributed by atoms with E-state index in [1.54, 1.807) is 25.7 Å². The van der Waals surface area contributed by atoms with Crippen LogP contribution in [0.5, 0.6) is 0 Å². The molecule has 0 atom stereocenters. The number of hydrogen-bond donors (Lipinski definition) is 1. The second kappa shape index (κ2) is 8.57. The van der Waals surface area contributed by atoms with Gasteiger partial charge in [-0.05, 0) is 50.6 Å². The lowest BCUT2D eigenvalue weighted by molar-refractivity contribution is 0.0519. The number of piperazine rings is 1. The van der Waals surface area contributed by atoms with Crippen molar-refractivity contribution in [1.82, 2.24) is 14.2 Å². The van der Waals surface area contributed by atoms with Crippen LogP contribution in [0.15, 0.2) is 29.2 Å². The Kier molecular flexibility index (Phi) is 6.27. The van der Waals surface area contributed by atoms with Gasteiger partial charge in [0.1, 0.15) is 11.5 Å². The van der Waals surface area contributed by atoms with Crippen molar-refractivity contribution in [2.24, 2.45) is 0 Å². The molecule has 0 aliphatic carbocycles. The van der Waals surface area contributed by atoms with E-state index in [0.29, 0.717) is 16.8 Å². The van der Waals surface area contributed by atoms with Crippen LogP contribution in [0.2, 0.25) is 0 Å². The van der Waals surface area contributed by atoms with Crippen molar-refractivity contribution in [3.8, 4) is 0 Å². The number of esters is 1. The van der Waals surface area contributed by atoms with Crippen molar-refractivity contribution in [2.45, 2.75) is 25.7 Å². The molecule has 1 amide bonds. The number of aromatic nitrogens is 1. The lowest BCUT2D eigenvalue weighted by Gasteiger charge is -2.34. The summed E-state index contributed by atoms with van der Waals surface area (Å²) in [6, 6.07) is 4.66. The van der Waals surface area contributed by atoms with Crippen LogP contribution >= 0.6 is 0 Å². The molecule has 0 radical (unpaired) electrons. The summed E-state index contributed by atoms with van der Waals surface area (Å²) < 4.78 is 44.9. The number of amides is 1. The summed E-state index contributed by atoms with van der Waals surface area (Å²) in [5, 5.41) is 0. The number of nitrogens with zero attached hydrogens (tertiary/aromatic N) is 2. The highest BCUT2D eigenvalue weighted by Crippen LogP contribution is 2.23. The summed E-state index contributed by atoms with van der Waals surface area (Å²) >= 11 is 0. The molecule has 1 aliphatic rings. The smallest absolute Gasteiger partial charge is 0.355 e. The Balaban J connectivity index is 1.73. The Morgan fingerprint density at radius 2 is 1.70 bits per heavy atom. The summed E-state index contributed by atoms with van der Waals surface area (Å²) in [5.41, 5.74) is 1.71. The average molecular weight is 437 g/mol. The van der Waals surface area contributed by atoms with Crippen LogP contribution in [0.4, 0.5) is 4.39 Å². The molecular formula is C20H24FN3O5S. The van der Waals surface area contributed by atoms with Gasteiger partial charge in [0.15, 0.2) is 0 Å². The predicted octanol–water partition coefficient (Wildman–Crippen LogP) is 2.09. The van der Waals surface area contributed by atoms with Crippen LogP contribution in [0.25, 0.3) is 0 Å². The normalized spacial score (nSPS) is 15.3. The fourth-order valence-electron chi connectivity index (χ4n) is 3.52. The van der Waals surface area contributed by atoms with Crippen molar-refractivity contribution in [3.05, 3.63) is 52.6 Å². The van der Waals surface area contributed by atoms with Crippen molar-refractivity contribution in [3.63, 3.8) is 0 Å². The monoisotopic (exact) mass is 437 g/mol. The van der Waals surface area contributed by atoms with Gasteiger partial charge in [-0.2, -0.15) is 4.31 Å². The zero-order valence-corrected chi connectivity index (χ0v) is 17.9. The van der Waals surface area contributed by atoms with Gasteiger partial charge in [-0.1, -0.05) is 0 Å². The van der Waals surface area contributed by atoms with Crippen LogP contribution in [0, 0.1) is 19.7 Å². The van der Waals surface area contributed by atoms with E-state index in [1.807, 2.05) is 0 Å². The first kappa shape index (κ1) is 22.0. The number of sulfonamides is 1. The van der Waals surface area contributed by atoms with Crippen molar-refractivity contribution in [1.29, 1.82) is 0 Å². The largest absolute Gasteiger partial charge is 0.461 e. The van der Waals surface area contributed by atoms with E-state index in [-0.39, 0.29) is 49.3 Å². The molecule has 0 spiro atoms. The van der Waals surface area contributed by atoms with Gasteiger partial charge in [0, 0.05) is 31.9 Å². The van der Waals surface area contributed by atoms with Gasteiger partial charge in [0.05, 0.1) is 17.1 Å². The number of carbonyl (C=O) groups excluding carboxylic acids is 2. The molecule has 162 valence electrons. The maximum atomic E-state index is 13.1. The molecule has 1 N–H and O–H groups in total. The first-order chi connectivity index (χ1) is 14.2. The predicted molar refractivity (Wildman–Crippen MR) is 107 cm³/mol. The quantitative estimate of drug-likeness (QED) is 0.722. The number of carbonyl (C=O) groups is 2. The Hall–Kier alpha value is -2.72. The lowest BCUT2D eigenvalue weighted by Crippen LogP contribution is -2.50. The number of aromatic amines is 1. The Morgan fingerprint density at radius 1 is 1.10 bits per heavy atom. The molecule has 2 aromatic rings. The highest BCUT2D eigenvalue weighted by molar-refractivity contribution is 7.89. The average Bonchev–Trinajstić information content (AvgIpc) is 3.02.